The third kappa shape index (κ3) is 5.01. The van der Waals surface area contributed by atoms with Crippen LogP contribution >= 0.6 is 0 Å². The molecule has 1 aliphatic heterocycles. The van der Waals surface area contributed by atoms with Crippen LogP contribution < -0.4 is 10.6 Å². The Morgan fingerprint density at radius 2 is 2.15 bits per heavy atom. The van der Waals surface area contributed by atoms with E-state index in [0.29, 0.717) is 23.5 Å². The van der Waals surface area contributed by atoms with Gasteiger partial charge in [0.05, 0.1) is 18.8 Å². The lowest BCUT2D eigenvalue weighted by molar-refractivity contribution is 0.0600. The lowest BCUT2D eigenvalue weighted by Gasteiger charge is -2.12. The highest BCUT2D eigenvalue weighted by Crippen LogP contribution is 2.17. The van der Waals surface area contributed by atoms with Crippen molar-refractivity contribution in [3.8, 4) is 0 Å². The number of carbonyl (C=O) groups excluding carboxylic acids is 2. The molecule has 1 aliphatic rings. The standard InChI is InChI=1S/C19H22N4O4/c1-12-9-16(17(24)20-11-15-7-4-8-27-15)23-19(21-12)22-14-6-3-5-13(10-14)18(25)26-2/h3,5-6,9-10,15H,4,7-8,11H2,1-2H3,(H,20,24)(H,21,22,23). The summed E-state index contributed by atoms with van der Waals surface area (Å²) in [6, 6.07) is 8.41. The first-order valence-electron chi connectivity index (χ1n) is 8.76. The number of aryl methyl sites for hydroxylation is 1. The van der Waals surface area contributed by atoms with E-state index in [2.05, 4.69) is 20.6 Å². The molecule has 1 unspecified atom stereocenters. The minimum Gasteiger partial charge on any atom is -0.465 e. The number of amides is 1. The summed E-state index contributed by atoms with van der Waals surface area (Å²) in [5.41, 5.74) is 1.95. The molecule has 8 heteroatoms. The first-order valence-corrected chi connectivity index (χ1v) is 8.76. The van der Waals surface area contributed by atoms with Gasteiger partial charge in [0, 0.05) is 24.5 Å². The quantitative estimate of drug-likeness (QED) is 0.752. The summed E-state index contributed by atoms with van der Waals surface area (Å²) in [6.07, 6.45) is 2.04. The van der Waals surface area contributed by atoms with E-state index in [1.54, 1.807) is 37.3 Å². The van der Waals surface area contributed by atoms with Crippen molar-refractivity contribution in [2.75, 3.05) is 25.6 Å². The summed E-state index contributed by atoms with van der Waals surface area (Å²) in [5, 5.41) is 5.87. The highest BCUT2D eigenvalue weighted by Gasteiger charge is 2.18. The second-order valence-electron chi connectivity index (χ2n) is 6.26. The van der Waals surface area contributed by atoms with Crippen LogP contribution in [0.2, 0.25) is 0 Å². The first kappa shape index (κ1) is 18.8. The molecule has 0 aliphatic carbocycles. The molecule has 0 radical (unpaired) electrons. The lowest BCUT2D eigenvalue weighted by Crippen LogP contribution is -2.32. The van der Waals surface area contributed by atoms with Crippen molar-refractivity contribution in [1.82, 2.24) is 15.3 Å². The van der Waals surface area contributed by atoms with Gasteiger partial charge in [-0.05, 0) is 44.0 Å². The van der Waals surface area contributed by atoms with Crippen molar-refractivity contribution in [2.24, 2.45) is 0 Å². The molecule has 1 fully saturated rings. The summed E-state index contributed by atoms with van der Waals surface area (Å²) in [6.45, 7) is 2.99. The molecule has 2 N–H and O–H groups in total. The van der Waals surface area contributed by atoms with Gasteiger partial charge in [0.1, 0.15) is 5.69 Å². The van der Waals surface area contributed by atoms with Crippen molar-refractivity contribution >= 4 is 23.5 Å². The van der Waals surface area contributed by atoms with E-state index in [-0.39, 0.29) is 23.7 Å². The van der Waals surface area contributed by atoms with Crippen LogP contribution in [0.5, 0.6) is 0 Å². The molecular weight excluding hydrogens is 348 g/mol. The van der Waals surface area contributed by atoms with E-state index in [1.807, 2.05) is 0 Å². The maximum Gasteiger partial charge on any atom is 0.337 e. The Hall–Kier alpha value is -3.00. The highest BCUT2D eigenvalue weighted by atomic mass is 16.5. The van der Waals surface area contributed by atoms with Gasteiger partial charge in [0.2, 0.25) is 5.95 Å². The largest absolute Gasteiger partial charge is 0.465 e. The number of benzene rings is 1. The Labute approximate surface area is 157 Å². The highest BCUT2D eigenvalue weighted by molar-refractivity contribution is 5.93. The third-order valence-electron chi connectivity index (χ3n) is 4.14. The van der Waals surface area contributed by atoms with E-state index in [0.717, 1.165) is 19.4 Å². The van der Waals surface area contributed by atoms with Crippen LogP contribution in [-0.2, 0) is 9.47 Å². The number of rotatable bonds is 6. The van der Waals surface area contributed by atoms with Crippen LogP contribution in [0.1, 0.15) is 39.4 Å². The summed E-state index contributed by atoms with van der Waals surface area (Å²) in [7, 11) is 1.33. The van der Waals surface area contributed by atoms with E-state index in [1.165, 1.54) is 7.11 Å². The summed E-state index contributed by atoms with van der Waals surface area (Å²) >= 11 is 0. The molecule has 1 aromatic heterocycles. The number of esters is 1. The average Bonchev–Trinajstić information content (AvgIpc) is 3.18. The van der Waals surface area contributed by atoms with Crippen molar-refractivity contribution in [1.29, 1.82) is 0 Å². The second kappa shape index (κ2) is 8.59. The molecule has 1 saturated heterocycles. The fourth-order valence-corrected chi connectivity index (χ4v) is 2.81. The zero-order valence-electron chi connectivity index (χ0n) is 15.3. The van der Waals surface area contributed by atoms with Gasteiger partial charge in [-0.15, -0.1) is 0 Å². The zero-order chi connectivity index (χ0) is 19.2. The first-order chi connectivity index (χ1) is 13.0. The Kier molecular flexibility index (Phi) is 5.97. The van der Waals surface area contributed by atoms with Crippen LogP contribution in [0, 0.1) is 6.92 Å². The normalized spacial score (nSPS) is 16.0. The molecule has 2 aromatic rings. The molecule has 1 amide bonds. The van der Waals surface area contributed by atoms with Gasteiger partial charge in [-0.1, -0.05) is 6.07 Å². The van der Waals surface area contributed by atoms with E-state index >= 15 is 0 Å². The van der Waals surface area contributed by atoms with Crippen molar-refractivity contribution in [3.63, 3.8) is 0 Å². The number of aromatic nitrogens is 2. The van der Waals surface area contributed by atoms with Crippen molar-refractivity contribution < 1.29 is 19.1 Å². The van der Waals surface area contributed by atoms with E-state index in [9.17, 15) is 9.59 Å². The topological polar surface area (TPSA) is 102 Å². The molecule has 27 heavy (non-hydrogen) atoms. The molecule has 142 valence electrons. The molecule has 1 aromatic carbocycles. The van der Waals surface area contributed by atoms with Crippen LogP contribution in [-0.4, -0.2) is 48.2 Å². The molecule has 0 spiro atoms. The minimum absolute atomic E-state index is 0.0653. The number of ether oxygens (including phenoxy) is 2. The van der Waals surface area contributed by atoms with Gasteiger partial charge in [-0.25, -0.2) is 14.8 Å². The van der Waals surface area contributed by atoms with Crippen LogP contribution in [0.15, 0.2) is 30.3 Å². The molecule has 1 atom stereocenters. The van der Waals surface area contributed by atoms with Gasteiger partial charge >= 0.3 is 5.97 Å². The lowest BCUT2D eigenvalue weighted by atomic mass is 10.2. The monoisotopic (exact) mass is 370 g/mol. The fraction of sp³-hybridized carbons (Fsp3) is 0.368. The number of methoxy groups -OCH3 is 1. The zero-order valence-corrected chi connectivity index (χ0v) is 15.3. The van der Waals surface area contributed by atoms with Crippen LogP contribution in [0.25, 0.3) is 0 Å². The third-order valence-corrected chi connectivity index (χ3v) is 4.14. The molecule has 0 bridgehead atoms. The summed E-state index contributed by atoms with van der Waals surface area (Å²) in [5.74, 6) is -0.431. The van der Waals surface area contributed by atoms with E-state index in [4.69, 9.17) is 9.47 Å². The summed E-state index contributed by atoms with van der Waals surface area (Å²) in [4.78, 5) is 32.6. The Bertz CT molecular complexity index is 834. The Balaban J connectivity index is 1.71. The van der Waals surface area contributed by atoms with Crippen LogP contribution in [0.4, 0.5) is 11.6 Å². The van der Waals surface area contributed by atoms with Gasteiger partial charge in [0.15, 0.2) is 0 Å². The molecule has 3 rings (SSSR count). The van der Waals surface area contributed by atoms with Gasteiger partial charge in [-0.3, -0.25) is 4.79 Å². The number of anilines is 2. The number of nitrogens with zero attached hydrogens (tertiary/aromatic N) is 2. The fourth-order valence-electron chi connectivity index (χ4n) is 2.81. The minimum atomic E-state index is -0.432. The van der Waals surface area contributed by atoms with Crippen molar-refractivity contribution in [3.05, 3.63) is 47.3 Å². The molecular formula is C19H22N4O4. The van der Waals surface area contributed by atoms with Crippen LogP contribution in [0.3, 0.4) is 0 Å². The van der Waals surface area contributed by atoms with Gasteiger partial charge < -0.3 is 20.1 Å². The maximum absolute atomic E-state index is 12.4. The predicted molar refractivity (Wildman–Crippen MR) is 99.1 cm³/mol. The number of hydrogen-bond donors (Lipinski definition) is 2. The maximum atomic E-state index is 12.4. The smallest absolute Gasteiger partial charge is 0.337 e. The number of nitrogens with one attached hydrogen (secondary N) is 2. The molecule has 0 saturated carbocycles. The van der Waals surface area contributed by atoms with Crippen molar-refractivity contribution in [2.45, 2.75) is 25.9 Å². The molecule has 2 heterocycles. The average molecular weight is 370 g/mol. The van der Waals surface area contributed by atoms with Gasteiger partial charge in [-0.2, -0.15) is 0 Å². The summed E-state index contributed by atoms with van der Waals surface area (Å²) < 4.78 is 10.2. The molecule has 8 nitrogen and oxygen atoms in total. The van der Waals surface area contributed by atoms with E-state index < -0.39 is 5.97 Å². The number of hydrogen-bond acceptors (Lipinski definition) is 7. The van der Waals surface area contributed by atoms with Gasteiger partial charge in [0.25, 0.3) is 5.91 Å². The second-order valence-corrected chi connectivity index (χ2v) is 6.26. The number of carbonyl (C=O) groups is 2. The Morgan fingerprint density at radius 1 is 1.30 bits per heavy atom. The SMILES string of the molecule is COC(=O)c1cccc(Nc2nc(C)cc(C(=O)NCC3CCCO3)n2)c1. The Morgan fingerprint density at radius 3 is 2.89 bits per heavy atom. The predicted octanol–water partition coefficient (Wildman–Crippen LogP) is 2.22.